The standard InChI is InChI=1S/C22H30O2/c1-3-5-7-9-17-11-13-19(21(23)15-17)20-14-12-18(16-22(20)24)10-8-6-4-2/h11-16,23-24H,3-10H2,1-2H3. The van der Waals surface area contributed by atoms with Crippen LogP contribution in [0, 0.1) is 0 Å². The summed E-state index contributed by atoms with van der Waals surface area (Å²) in [5.74, 6) is 0.496. The highest BCUT2D eigenvalue weighted by Gasteiger charge is 2.10. The minimum Gasteiger partial charge on any atom is -0.507 e. The lowest BCUT2D eigenvalue weighted by Crippen LogP contribution is -1.89. The average Bonchev–Trinajstić information content (AvgIpc) is 2.56. The highest BCUT2D eigenvalue weighted by Crippen LogP contribution is 2.36. The second-order valence-corrected chi connectivity index (χ2v) is 6.62. The molecule has 0 aliphatic carbocycles. The van der Waals surface area contributed by atoms with Gasteiger partial charge < -0.3 is 10.2 Å². The summed E-state index contributed by atoms with van der Waals surface area (Å²) in [6, 6.07) is 11.6. The van der Waals surface area contributed by atoms with Gasteiger partial charge in [0.15, 0.2) is 0 Å². The van der Waals surface area contributed by atoms with Gasteiger partial charge in [0.25, 0.3) is 0 Å². The molecule has 0 radical (unpaired) electrons. The number of hydrogen-bond acceptors (Lipinski definition) is 2. The quantitative estimate of drug-likeness (QED) is 0.536. The molecule has 0 bridgehead atoms. The van der Waals surface area contributed by atoms with Crippen molar-refractivity contribution in [1.29, 1.82) is 0 Å². The summed E-state index contributed by atoms with van der Waals surface area (Å²) in [6.45, 7) is 4.38. The van der Waals surface area contributed by atoms with Crippen LogP contribution in [0.3, 0.4) is 0 Å². The molecule has 0 saturated heterocycles. The summed E-state index contributed by atoms with van der Waals surface area (Å²) < 4.78 is 0. The number of unbranched alkanes of at least 4 members (excludes halogenated alkanes) is 4. The minimum absolute atomic E-state index is 0.248. The molecule has 0 aliphatic rings. The zero-order valence-corrected chi connectivity index (χ0v) is 15.0. The first-order valence-corrected chi connectivity index (χ1v) is 9.29. The molecule has 2 aromatic rings. The highest BCUT2D eigenvalue weighted by atomic mass is 16.3. The van der Waals surface area contributed by atoms with E-state index in [1.807, 2.05) is 24.3 Å². The lowest BCUT2D eigenvalue weighted by molar-refractivity contribution is 0.468. The van der Waals surface area contributed by atoms with Crippen molar-refractivity contribution in [3.8, 4) is 22.6 Å². The van der Waals surface area contributed by atoms with Gasteiger partial charge in [0.1, 0.15) is 11.5 Å². The van der Waals surface area contributed by atoms with Gasteiger partial charge in [0.2, 0.25) is 0 Å². The summed E-state index contributed by atoms with van der Waals surface area (Å²) >= 11 is 0. The molecular formula is C22H30O2. The Morgan fingerprint density at radius 2 is 1.04 bits per heavy atom. The van der Waals surface area contributed by atoms with Crippen molar-refractivity contribution in [1.82, 2.24) is 0 Å². The van der Waals surface area contributed by atoms with Gasteiger partial charge in [-0.25, -0.2) is 0 Å². The van der Waals surface area contributed by atoms with E-state index in [1.165, 1.54) is 25.7 Å². The summed E-state index contributed by atoms with van der Waals surface area (Å²) in [5, 5.41) is 20.7. The average molecular weight is 326 g/mol. The van der Waals surface area contributed by atoms with Gasteiger partial charge in [0, 0.05) is 11.1 Å². The molecule has 0 saturated carbocycles. The lowest BCUT2D eigenvalue weighted by atomic mass is 9.97. The molecule has 0 spiro atoms. The molecule has 2 nitrogen and oxygen atoms in total. The summed E-state index contributed by atoms with van der Waals surface area (Å²) in [7, 11) is 0. The number of aryl methyl sites for hydroxylation is 2. The number of aromatic hydroxyl groups is 2. The molecule has 0 amide bonds. The zero-order chi connectivity index (χ0) is 17.4. The van der Waals surface area contributed by atoms with Gasteiger partial charge in [-0.1, -0.05) is 63.8 Å². The van der Waals surface area contributed by atoms with E-state index in [9.17, 15) is 10.2 Å². The number of phenols is 2. The molecule has 0 aromatic heterocycles. The Bertz CT molecular complexity index is 589. The Kier molecular flexibility index (Phi) is 7.17. The number of benzene rings is 2. The first-order chi connectivity index (χ1) is 11.7. The Labute approximate surface area is 146 Å². The molecule has 2 aromatic carbocycles. The van der Waals surface area contributed by atoms with E-state index in [-0.39, 0.29) is 11.5 Å². The van der Waals surface area contributed by atoms with Gasteiger partial charge in [-0.05, 0) is 48.9 Å². The largest absolute Gasteiger partial charge is 0.507 e. The van der Waals surface area contributed by atoms with E-state index in [0.29, 0.717) is 11.1 Å². The topological polar surface area (TPSA) is 40.5 Å². The summed E-state index contributed by atoms with van der Waals surface area (Å²) in [4.78, 5) is 0. The minimum atomic E-state index is 0.248. The fraction of sp³-hybridized carbons (Fsp3) is 0.455. The van der Waals surface area contributed by atoms with E-state index < -0.39 is 0 Å². The molecule has 0 fully saturated rings. The van der Waals surface area contributed by atoms with Crippen LogP contribution < -0.4 is 0 Å². The van der Waals surface area contributed by atoms with Crippen LogP contribution in [0.2, 0.25) is 0 Å². The fourth-order valence-corrected chi connectivity index (χ4v) is 3.08. The molecule has 2 rings (SSSR count). The Hall–Kier alpha value is -1.96. The number of hydrogen-bond donors (Lipinski definition) is 2. The van der Waals surface area contributed by atoms with E-state index in [0.717, 1.165) is 36.8 Å². The van der Waals surface area contributed by atoms with Crippen LogP contribution in [-0.2, 0) is 12.8 Å². The predicted octanol–water partition coefficient (Wildman–Crippen LogP) is 6.23. The zero-order valence-electron chi connectivity index (χ0n) is 15.0. The van der Waals surface area contributed by atoms with Gasteiger partial charge in [-0.3, -0.25) is 0 Å². The van der Waals surface area contributed by atoms with Crippen LogP contribution in [0.5, 0.6) is 11.5 Å². The summed E-state index contributed by atoms with van der Waals surface area (Å²) in [6.07, 6.45) is 9.09. The molecule has 24 heavy (non-hydrogen) atoms. The van der Waals surface area contributed by atoms with Crippen molar-refractivity contribution in [3.63, 3.8) is 0 Å². The maximum Gasteiger partial charge on any atom is 0.123 e. The van der Waals surface area contributed by atoms with Crippen molar-refractivity contribution in [2.75, 3.05) is 0 Å². The van der Waals surface area contributed by atoms with Crippen LogP contribution in [0.4, 0.5) is 0 Å². The third kappa shape index (κ3) is 5.02. The van der Waals surface area contributed by atoms with E-state index in [2.05, 4.69) is 26.0 Å². The highest BCUT2D eigenvalue weighted by molar-refractivity contribution is 5.75. The molecule has 0 atom stereocenters. The molecule has 0 heterocycles. The van der Waals surface area contributed by atoms with Gasteiger partial charge in [-0.15, -0.1) is 0 Å². The second-order valence-electron chi connectivity index (χ2n) is 6.62. The monoisotopic (exact) mass is 326 g/mol. The van der Waals surface area contributed by atoms with Crippen LogP contribution in [-0.4, -0.2) is 10.2 Å². The SMILES string of the molecule is CCCCCc1ccc(-c2ccc(CCCCC)cc2O)c(O)c1. The molecule has 0 aliphatic heterocycles. The molecule has 0 unspecified atom stereocenters. The van der Waals surface area contributed by atoms with Gasteiger partial charge in [-0.2, -0.15) is 0 Å². The van der Waals surface area contributed by atoms with Gasteiger partial charge in [0.05, 0.1) is 0 Å². The molecule has 130 valence electrons. The Balaban J connectivity index is 2.13. The van der Waals surface area contributed by atoms with Crippen LogP contribution in [0.15, 0.2) is 36.4 Å². The first-order valence-electron chi connectivity index (χ1n) is 9.29. The second kappa shape index (κ2) is 9.36. The summed E-state index contributed by atoms with van der Waals surface area (Å²) in [5.41, 5.74) is 3.71. The number of rotatable bonds is 9. The number of phenolic OH excluding ortho intramolecular Hbond substituents is 2. The molecule has 2 N–H and O–H groups in total. The van der Waals surface area contributed by atoms with Crippen molar-refractivity contribution >= 4 is 0 Å². The van der Waals surface area contributed by atoms with Crippen LogP contribution >= 0.6 is 0 Å². The first kappa shape index (κ1) is 18.4. The fourth-order valence-electron chi connectivity index (χ4n) is 3.08. The Morgan fingerprint density at radius 1 is 0.625 bits per heavy atom. The van der Waals surface area contributed by atoms with Crippen LogP contribution in [0.1, 0.15) is 63.5 Å². The van der Waals surface area contributed by atoms with Crippen molar-refractivity contribution in [2.45, 2.75) is 65.2 Å². The third-order valence-corrected chi connectivity index (χ3v) is 4.55. The Morgan fingerprint density at radius 3 is 1.38 bits per heavy atom. The van der Waals surface area contributed by atoms with E-state index in [4.69, 9.17) is 0 Å². The lowest BCUT2D eigenvalue weighted by Gasteiger charge is -2.11. The van der Waals surface area contributed by atoms with E-state index in [1.54, 1.807) is 0 Å². The van der Waals surface area contributed by atoms with Crippen LogP contribution in [0.25, 0.3) is 11.1 Å². The predicted molar refractivity (Wildman–Crippen MR) is 102 cm³/mol. The maximum absolute atomic E-state index is 10.4. The smallest absolute Gasteiger partial charge is 0.123 e. The van der Waals surface area contributed by atoms with Crippen molar-refractivity contribution < 1.29 is 10.2 Å². The normalized spacial score (nSPS) is 10.9. The van der Waals surface area contributed by atoms with Gasteiger partial charge >= 0.3 is 0 Å². The van der Waals surface area contributed by atoms with E-state index >= 15 is 0 Å². The molecular weight excluding hydrogens is 296 g/mol. The van der Waals surface area contributed by atoms with Crippen molar-refractivity contribution in [2.24, 2.45) is 0 Å². The maximum atomic E-state index is 10.4. The third-order valence-electron chi connectivity index (χ3n) is 4.55. The van der Waals surface area contributed by atoms with Crippen molar-refractivity contribution in [3.05, 3.63) is 47.5 Å². The molecule has 2 heteroatoms.